The number of hydrogen-bond acceptors (Lipinski definition) is 6. The Hall–Kier alpha value is -3.26. The van der Waals surface area contributed by atoms with E-state index in [-0.39, 0.29) is 11.6 Å². The predicted molar refractivity (Wildman–Crippen MR) is 105 cm³/mol. The highest BCUT2D eigenvalue weighted by Crippen LogP contribution is 2.14. The number of ether oxygens (including phenoxy) is 1. The van der Waals surface area contributed by atoms with Gasteiger partial charge in [0.15, 0.2) is 5.69 Å². The van der Waals surface area contributed by atoms with Crippen LogP contribution in [0.15, 0.2) is 48.8 Å². The van der Waals surface area contributed by atoms with Crippen LogP contribution in [0.4, 0.5) is 5.82 Å². The fraction of sp³-hybridized carbons (Fsp3) is 0.300. The van der Waals surface area contributed by atoms with Crippen molar-refractivity contribution in [1.82, 2.24) is 25.3 Å². The van der Waals surface area contributed by atoms with Gasteiger partial charge < -0.3 is 15.0 Å². The monoisotopic (exact) mass is 378 g/mol. The number of benzene rings is 1. The summed E-state index contributed by atoms with van der Waals surface area (Å²) in [5.41, 5.74) is 3.29. The molecular weight excluding hydrogens is 356 g/mol. The quantitative estimate of drug-likeness (QED) is 0.728. The largest absolute Gasteiger partial charge is 0.378 e. The van der Waals surface area contributed by atoms with Gasteiger partial charge in [0, 0.05) is 25.8 Å². The van der Waals surface area contributed by atoms with E-state index in [1.807, 2.05) is 43.3 Å². The number of morpholine rings is 1. The molecule has 0 saturated carbocycles. The predicted octanol–water partition coefficient (Wildman–Crippen LogP) is 1.74. The summed E-state index contributed by atoms with van der Waals surface area (Å²) in [5, 5.41) is 10.9. The van der Waals surface area contributed by atoms with Crippen LogP contribution in [0.3, 0.4) is 0 Å². The lowest BCUT2D eigenvalue weighted by molar-refractivity contribution is 0.0946. The molecule has 0 atom stereocenters. The smallest absolute Gasteiger partial charge is 0.273 e. The Morgan fingerprint density at radius 2 is 1.96 bits per heavy atom. The highest BCUT2D eigenvalue weighted by atomic mass is 16.5. The Morgan fingerprint density at radius 1 is 1.18 bits per heavy atom. The average molecular weight is 378 g/mol. The molecule has 1 aliphatic rings. The van der Waals surface area contributed by atoms with E-state index in [0.29, 0.717) is 19.8 Å². The Labute approximate surface area is 163 Å². The molecule has 1 amide bonds. The Bertz CT molecular complexity index is 947. The summed E-state index contributed by atoms with van der Waals surface area (Å²) in [7, 11) is 0. The first-order chi connectivity index (χ1) is 13.7. The molecule has 0 unspecified atom stereocenters. The average Bonchev–Trinajstić information content (AvgIpc) is 3.24. The maximum atomic E-state index is 12.4. The van der Waals surface area contributed by atoms with Crippen molar-refractivity contribution in [3.63, 3.8) is 0 Å². The first-order valence-electron chi connectivity index (χ1n) is 9.24. The van der Waals surface area contributed by atoms with Crippen molar-refractivity contribution in [3.05, 3.63) is 65.6 Å². The van der Waals surface area contributed by atoms with Crippen LogP contribution < -0.4 is 10.2 Å². The van der Waals surface area contributed by atoms with Gasteiger partial charge in [-0.1, -0.05) is 22.9 Å². The summed E-state index contributed by atoms with van der Waals surface area (Å²) < 4.78 is 6.97. The zero-order valence-corrected chi connectivity index (χ0v) is 15.7. The second-order valence-corrected chi connectivity index (χ2v) is 6.69. The Morgan fingerprint density at radius 3 is 2.75 bits per heavy atom. The van der Waals surface area contributed by atoms with E-state index in [4.69, 9.17) is 4.74 Å². The molecule has 4 rings (SSSR count). The van der Waals surface area contributed by atoms with Gasteiger partial charge in [0.1, 0.15) is 5.82 Å². The van der Waals surface area contributed by atoms with Gasteiger partial charge in [-0.05, 0) is 36.8 Å². The molecule has 1 N–H and O–H groups in total. The third-order valence-electron chi connectivity index (χ3n) is 4.62. The van der Waals surface area contributed by atoms with E-state index in [1.165, 1.54) is 0 Å². The van der Waals surface area contributed by atoms with Crippen LogP contribution >= 0.6 is 0 Å². The summed E-state index contributed by atoms with van der Waals surface area (Å²) in [6, 6.07) is 11.8. The molecule has 0 radical (unpaired) electrons. The molecule has 3 aromatic rings. The molecule has 0 spiro atoms. The van der Waals surface area contributed by atoms with Crippen LogP contribution in [-0.4, -0.2) is 52.2 Å². The number of anilines is 1. The van der Waals surface area contributed by atoms with Crippen molar-refractivity contribution in [2.45, 2.75) is 13.5 Å². The third kappa shape index (κ3) is 4.17. The van der Waals surface area contributed by atoms with Crippen molar-refractivity contribution in [2.75, 3.05) is 31.2 Å². The first-order valence-corrected chi connectivity index (χ1v) is 9.24. The van der Waals surface area contributed by atoms with Crippen molar-refractivity contribution < 1.29 is 9.53 Å². The number of pyridine rings is 1. The zero-order valence-electron chi connectivity index (χ0n) is 15.7. The minimum absolute atomic E-state index is 0.261. The van der Waals surface area contributed by atoms with Gasteiger partial charge in [-0.3, -0.25) is 4.79 Å². The highest BCUT2D eigenvalue weighted by molar-refractivity contribution is 5.91. The number of amides is 1. The van der Waals surface area contributed by atoms with Crippen LogP contribution in [0.1, 0.15) is 21.6 Å². The lowest BCUT2D eigenvalue weighted by Gasteiger charge is -2.28. The van der Waals surface area contributed by atoms with E-state index >= 15 is 0 Å². The molecule has 144 valence electrons. The van der Waals surface area contributed by atoms with Crippen molar-refractivity contribution >= 4 is 11.7 Å². The van der Waals surface area contributed by atoms with E-state index in [1.54, 1.807) is 17.1 Å². The number of nitrogens with zero attached hydrogens (tertiary/aromatic N) is 5. The van der Waals surface area contributed by atoms with E-state index in [9.17, 15) is 4.79 Å². The van der Waals surface area contributed by atoms with Crippen LogP contribution in [0.2, 0.25) is 0 Å². The van der Waals surface area contributed by atoms with Gasteiger partial charge in [-0.2, -0.15) is 0 Å². The summed E-state index contributed by atoms with van der Waals surface area (Å²) in [6.45, 7) is 5.48. The Balaban J connectivity index is 1.39. The second kappa shape index (κ2) is 8.18. The fourth-order valence-corrected chi connectivity index (χ4v) is 3.00. The van der Waals surface area contributed by atoms with Crippen LogP contribution in [0, 0.1) is 6.92 Å². The molecular formula is C20H22N6O2. The molecule has 1 fully saturated rings. The maximum absolute atomic E-state index is 12.4. The van der Waals surface area contributed by atoms with Gasteiger partial charge in [-0.15, -0.1) is 5.10 Å². The third-order valence-corrected chi connectivity index (χ3v) is 4.62. The standard InChI is InChI=1S/C20H22N6O2/c1-15-2-4-17(5-3-15)26-14-18(23-24-26)20(27)22-13-16-6-7-21-19(12-16)25-8-10-28-11-9-25/h2-7,12,14H,8-11,13H2,1H3,(H,22,27). The topological polar surface area (TPSA) is 85.2 Å². The molecule has 1 aromatic carbocycles. The summed E-state index contributed by atoms with van der Waals surface area (Å²) in [6.07, 6.45) is 3.39. The number of nitrogens with one attached hydrogen (secondary N) is 1. The van der Waals surface area contributed by atoms with Crippen molar-refractivity contribution in [3.8, 4) is 5.69 Å². The van der Waals surface area contributed by atoms with Gasteiger partial charge >= 0.3 is 0 Å². The molecule has 0 bridgehead atoms. The van der Waals surface area contributed by atoms with Crippen molar-refractivity contribution in [2.24, 2.45) is 0 Å². The molecule has 1 aliphatic heterocycles. The molecule has 8 heteroatoms. The number of hydrogen-bond donors (Lipinski definition) is 1. The summed E-state index contributed by atoms with van der Waals surface area (Å²) >= 11 is 0. The number of aryl methyl sites for hydroxylation is 1. The molecule has 8 nitrogen and oxygen atoms in total. The van der Waals surface area contributed by atoms with E-state index in [0.717, 1.165) is 35.7 Å². The van der Waals surface area contributed by atoms with Crippen LogP contribution in [0.5, 0.6) is 0 Å². The maximum Gasteiger partial charge on any atom is 0.273 e. The zero-order chi connectivity index (χ0) is 19.3. The van der Waals surface area contributed by atoms with Crippen molar-refractivity contribution in [1.29, 1.82) is 0 Å². The number of aromatic nitrogens is 4. The second-order valence-electron chi connectivity index (χ2n) is 6.69. The van der Waals surface area contributed by atoms with Gasteiger partial charge in [0.2, 0.25) is 0 Å². The van der Waals surface area contributed by atoms with Gasteiger partial charge in [0.25, 0.3) is 5.91 Å². The minimum Gasteiger partial charge on any atom is -0.378 e. The fourth-order valence-electron chi connectivity index (χ4n) is 3.00. The molecule has 3 heterocycles. The lowest BCUT2D eigenvalue weighted by Crippen LogP contribution is -2.36. The van der Waals surface area contributed by atoms with E-state index < -0.39 is 0 Å². The van der Waals surface area contributed by atoms with Gasteiger partial charge in [0.05, 0.1) is 25.1 Å². The molecule has 0 aliphatic carbocycles. The molecule has 28 heavy (non-hydrogen) atoms. The normalized spacial score (nSPS) is 14.1. The highest BCUT2D eigenvalue weighted by Gasteiger charge is 2.14. The van der Waals surface area contributed by atoms with Gasteiger partial charge in [-0.25, -0.2) is 9.67 Å². The molecule has 1 saturated heterocycles. The lowest BCUT2D eigenvalue weighted by atomic mass is 10.2. The first kappa shape index (κ1) is 18.1. The molecule has 2 aromatic heterocycles. The number of rotatable bonds is 5. The minimum atomic E-state index is -0.261. The SMILES string of the molecule is Cc1ccc(-n2cc(C(=O)NCc3ccnc(N4CCOCC4)c3)nn2)cc1. The Kier molecular flexibility index (Phi) is 5.29. The summed E-state index contributed by atoms with van der Waals surface area (Å²) in [5.74, 6) is 0.642. The number of carbonyl (C=O) groups is 1. The van der Waals surface area contributed by atoms with E-state index in [2.05, 4.69) is 25.5 Å². The van der Waals surface area contributed by atoms with Crippen LogP contribution in [-0.2, 0) is 11.3 Å². The van der Waals surface area contributed by atoms with Crippen LogP contribution in [0.25, 0.3) is 5.69 Å². The summed E-state index contributed by atoms with van der Waals surface area (Å²) in [4.78, 5) is 19.0. The number of carbonyl (C=O) groups excluding carboxylic acids is 1.